The number of likely N-dealkylation sites (N-methyl/N-ethyl adjacent to an activating group) is 1. The fourth-order valence-corrected chi connectivity index (χ4v) is 2.51. The van der Waals surface area contributed by atoms with Crippen molar-refractivity contribution in [2.75, 3.05) is 18.9 Å². The van der Waals surface area contributed by atoms with E-state index < -0.39 is 0 Å². The molecule has 0 aliphatic rings. The molecule has 116 valence electrons. The predicted octanol–water partition coefficient (Wildman–Crippen LogP) is 4.11. The zero-order valence-corrected chi connectivity index (χ0v) is 14.1. The number of hydrogen-bond acceptors (Lipinski definition) is 3. The molecule has 0 fully saturated rings. The van der Waals surface area contributed by atoms with Crippen LogP contribution in [0, 0.1) is 0 Å². The Bertz CT molecular complexity index is 641. The Kier molecular flexibility index (Phi) is 6.03. The minimum atomic E-state index is -0.195. The van der Waals surface area contributed by atoms with Crippen molar-refractivity contribution in [2.24, 2.45) is 0 Å². The molecule has 0 radical (unpaired) electrons. The number of benzene rings is 1. The van der Waals surface area contributed by atoms with Crippen LogP contribution in [0.1, 0.15) is 5.56 Å². The fraction of sp³-hybridized carbons (Fsp3) is 0.200. The number of para-hydroxylation sites is 1. The van der Waals surface area contributed by atoms with Crippen molar-refractivity contribution >= 4 is 46.4 Å². The van der Waals surface area contributed by atoms with Crippen LogP contribution in [-0.2, 0) is 11.3 Å². The second-order valence-corrected chi connectivity index (χ2v) is 6.01. The van der Waals surface area contributed by atoms with Crippen molar-refractivity contribution in [2.45, 2.75) is 6.54 Å². The molecule has 4 nitrogen and oxygen atoms in total. The van der Waals surface area contributed by atoms with Crippen molar-refractivity contribution in [3.63, 3.8) is 0 Å². The van der Waals surface area contributed by atoms with Crippen LogP contribution in [0.2, 0.25) is 15.2 Å². The van der Waals surface area contributed by atoms with E-state index in [0.717, 1.165) is 5.56 Å². The first-order valence-corrected chi connectivity index (χ1v) is 7.62. The smallest absolute Gasteiger partial charge is 0.238 e. The van der Waals surface area contributed by atoms with Gasteiger partial charge >= 0.3 is 0 Å². The highest BCUT2D eigenvalue weighted by Crippen LogP contribution is 2.29. The maximum absolute atomic E-state index is 12.1. The number of amides is 1. The van der Waals surface area contributed by atoms with Crippen LogP contribution >= 0.6 is 34.8 Å². The highest BCUT2D eigenvalue weighted by atomic mass is 35.5. The largest absolute Gasteiger partial charge is 0.322 e. The van der Waals surface area contributed by atoms with Gasteiger partial charge in [-0.25, -0.2) is 4.98 Å². The topological polar surface area (TPSA) is 45.2 Å². The van der Waals surface area contributed by atoms with E-state index in [1.807, 2.05) is 18.0 Å². The van der Waals surface area contributed by atoms with E-state index in [1.54, 1.807) is 30.5 Å². The normalized spacial score (nSPS) is 10.8. The van der Waals surface area contributed by atoms with Crippen LogP contribution in [0.4, 0.5) is 5.69 Å². The Balaban J connectivity index is 1.92. The summed E-state index contributed by atoms with van der Waals surface area (Å²) >= 11 is 17.8. The van der Waals surface area contributed by atoms with Crippen LogP contribution in [0.5, 0.6) is 0 Å². The van der Waals surface area contributed by atoms with E-state index >= 15 is 0 Å². The van der Waals surface area contributed by atoms with Crippen LogP contribution < -0.4 is 5.32 Å². The number of carbonyl (C=O) groups excluding carboxylic acids is 1. The predicted molar refractivity (Wildman–Crippen MR) is 90.7 cm³/mol. The molecule has 0 saturated heterocycles. The van der Waals surface area contributed by atoms with Gasteiger partial charge in [0.2, 0.25) is 5.91 Å². The summed E-state index contributed by atoms with van der Waals surface area (Å²) in [5.74, 6) is -0.195. The van der Waals surface area contributed by atoms with Gasteiger partial charge in [0.1, 0.15) is 5.15 Å². The van der Waals surface area contributed by atoms with E-state index in [2.05, 4.69) is 10.3 Å². The van der Waals surface area contributed by atoms with Crippen molar-refractivity contribution in [3.8, 4) is 0 Å². The number of rotatable bonds is 5. The van der Waals surface area contributed by atoms with Crippen LogP contribution in [0.25, 0.3) is 0 Å². The third-order valence-corrected chi connectivity index (χ3v) is 3.74. The molecule has 2 rings (SSSR count). The molecule has 0 bridgehead atoms. The van der Waals surface area contributed by atoms with E-state index in [-0.39, 0.29) is 12.5 Å². The summed E-state index contributed by atoms with van der Waals surface area (Å²) in [5, 5.41) is 3.98. The maximum Gasteiger partial charge on any atom is 0.238 e. The Labute approximate surface area is 144 Å². The fourth-order valence-electron chi connectivity index (χ4n) is 1.91. The van der Waals surface area contributed by atoms with E-state index in [1.165, 1.54) is 0 Å². The lowest BCUT2D eigenvalue weighted by molar-refractivity contribution is -0.117. The standard InChI is InChI=1S/C15H14Cl3N3O/c1-21(8-10-5-6-13(18)19-7-10)9-14(22)20-15-11(16)3-2-4-12(15)17/h2-7H,8-9H2,1H3,(H,20,22). The molecular formula is C15H14Cl3N3O. The monoisotopic (exact) mass is 357 g/mol. The van der Waals surface area contributed by atoms with Crippen LogP contribution in [0.15, 0.2) is 36.5 Å². The van der Waals surface area contributed by atoms with Gasteiger partial charge < -0.3 is 5.32 Å². The number of aromatic nitrogens is 1. The number of pyridine rings is 1. The molecule has 0 atom stereocenters. The highest BCUT2D eigenvalue weighted by molar-refractivity contribution is 6.39. The quantitative estimate of drug-likeness (QED) is 0.818. The number of anilines is 1. The summed E-state index contributed by atoms with van der Waals surface area (Å²) < 4.78 is 0. The summed E-state index contributed by atoms with van der Waals surface area (Å²) in [6, 6.07) is 8.65. The van der Waals surface area contributed by atoms with E-state index in [0.29, 0.717) is 27.4 Å². The minimum Gasteiger partial charge on any atom is -0.322 e. The molecule has 0 spiro atoms. The van der Waals surface area contributed by atoms with Gasteiger partial charge in [0.05, 0.1) is 22.3 Å². The lowest BCUT2D eigenvalue weighted by Crippen LogP contribution is -2.30. The summed E-state index contributed by atoms with van der Waals surface area (Å²) in [4.78, 5) is 17.9. The SMILES string of the molecule is CN(CC(=O)Nc1c(Cl)cccc1Cl)Cc1ccc(Cl)nc1. The molecule has 7 heteroatoms. The Morgan fingerprint density at radius 3 is 2.45 bits per heavy atom. The molecule has 1 amide bonds. The lowest BCUT2D eigenvalue weighted by atomic mass is 10.2. The maximum atomic E-state index is 12.1. The van der Waals surface area contributed by atoms with Crippen LogP contribution in [0.3, 0.4) is 0 Å². The molecule has 0 aliphatic carbocycles. The van der Waals surface area contributed by atoms with E-state index in [9.17, 15) is 4.79 Å². The van der Waals surface area contributed by atoms with Gasteiger partial charge in [-0.1, -0.05) is 46.9 Å². The number of halogens is 3. The van der Waals surface area contributed by atoms with Gasteiger partial charge in [-0.15, -0.1) is 0 Å². The summed E-state index contributed by atoms with van der Waals surface area (Å²) in [6.45, 7) is 0.776. The molecule has 0 saturated carbocycles. The Hall–Kier alpha value is -1.33. The van der Waals surface area contributed by atoms with Gasteiger partial charge in [-0.3, -0.25) is 9.69 Å². The average molecular weight is 359 g/mol. The molecule has 22 heavy (non-hydrogen) atoms. The summed E-state index contributed by atoms with van der Waals surface area (Å²) in [5.41, 5.74) is 1.40. The molecule has 1 aromatic heterocycles. The first-order chi connectivity index (χ1) is 10.5. The molecule has 1 N–H and O–H groups in total. The summed E-state index contributed by atoms with van der Waals surface area (Å²) in [6.07, 6.45) is 1.68. The van der Waals surface area contributed by atoms with E-state index in [4.69, 9.17) is 34.8 Å². The molecule has 0 unspecified atom stereocenters. The molecule has 2 aromatic rings. The van der Waals surface area contributed by atoms with Crippen molar-refractivity contribution in [3.05, 3.63) is 57.3 Å². The molecule has 1 aromatic carbocycles. The van der Waals surface area contributed by atoms with Crippen LogP contribution in [-0.4, -0.2) is 29.4 Å². The average Bonchev–Trinajstić information content (AvgIpc) is 2.45. The van der Waals surface area contributed by atoms with Crippen molar-refractivity contribution < 1.29 is 4.79 Å². The zero-order valence-electron chi connectivity index (χ0n) is 11.8. The number of carbonyl (C=O) groups is 1. The number of nitrogens with zero attached hydrogens (tertiary/aromatic N) is 2. The first-order valence-electron chi connectivity index (χ1n) is 6.48. The van der Waals surface area contributed by atoms with Gasteiger partial charge in [-0.05, 0) is 30.8 Å². The minimum absolute atomic E-state index is 0.195. The molecular weight excluding hydrogens is 345 g/mol. The van der Waals surface area contributed by atoms with Gasteiger partial charge in [-0.2, -0.15) is 0 Å². The lowest BCUT2D eigenvalue weighted by Gasteiger charge is -2.17. The van der Waals surface area contributed by atoms with Gasteiger partial charge in [0, 0.05) is 12.7 Å². The van der Waals surface area contributed by atoms with Crippen molar-refractivity contribution in [1.82, 2.24) is 9.88 Å². The Morgan fingerprint density at radius 1 is 1.18 bits per heavy atom. The number of nitrogens with one attached hydrogen (secondary N) is 1. The van der Waals surface area contributed by atoms with Gasteiger partial charge in [0.15, 0.2) is 0 Å². The molecule has 0 aliphatic heterocycles. The van der Waals surface area contributed by atoms with Crippen molar-refractivity contribution in [1.29, 1.82) is 0 Å². The Morgan fingerprint density at radius 2 is 1.86 bits per heavy atom. The second-order valence-electron chi connectivity index (χ2n) is 4.81. The highest BCUT2D eigenvalue weighted by Gasteiger charge is 2.12. The second kappa shape index (κ2) is 7.79. The first kappa shape index (κ1) is 17.0. The third-order valence-electron chi connectivity index (χ3n) is 2.88. The summed E-state index contributed by atoms with van der Waals surface area (Å²) in [7, 11) is 1.84. The third kappa shape index (κ3) is 4.85. The number of hydrogen-bond donors (Lipinski definition) is 1. The molecule has 1 heterocycles. The van der Waals surface area contributed by atoms with Gasteiger partial charge in [0.25, 0.3) is 0 Å². The zero-order chi connectivity index (χ0) is 16.1.